The molecule has 0 fully saturated rings. The van der Waals surface area contributed by atoms with Gasteiger partial charge in [-0.3, -0.25) is 0 Å². The third-order valence-electron chi connectivity index (χ3n) is 5.30. The zero-order valence-corrected chi connectivity index (χ0v) is 17.7. The molecule has 0 saturated heterocycles. The fourth-order valence-corrected chi connectivity index (χ4v) is 3.71. The number of aromatic nitrogens is 3. The molecule has 2 aromatic carbocycles. The predicted octanol–water partition coefficient (Wildman–Crippen LogP) is 4.92. The number of nitrogens with one attached hydrogen (secondary N) is 1. The molecule has 0 spiro atoms. The number of carbonyl (C=O) groups is 1. The van der Waals surface area contributed by atoms with Crippen molar-refractivity contribution in [3.8, 4) is 11.4 Å². The van der Waals surface area contributed by atoms with Crippen molar-refractivity contribution in [2.45, 2.75) is 39.7 Å². The van der Waals surface area contributed by atoms with Crippen molar-refractivity contribution in [1.82, 2.24) is 14.8 Å². The Morgan fingerprint density at radius 1 is 1.13 bits per heavy atom. The number of allylic oxidation sites excluding steroid dienone is 1. The maximum absolute atomic E-state index is 12.9. The number of rotatable bonds is 5. The summed E-state index contributed by atoms with van der Waals surface area (Å²) in [6.45, 7) is 8.33. The van der Waals surface area contributed by atoms with Crippen LogP contribution in [-0.2, 0) is 9.53 Å². The molecule has 0 saturated carbocycles. The van der Waals surface area contributed by atoms with Crippen molar-refractivity contribution < 1.29 is 9.53 Å². The van der Waals surface area contributed by atoms with E-state index < -0.39 is 6.04 Å². The van der Waals surface area contributed by atoms with Gasteiger partial charge in [-0.1, -0.05) is 68.4 Å². The average molecular weight is 402 g/mol. The smallest absolute Gasteiger partial charge is 0.338 e. The summed E-state index contributed by atoms with van der Waals surface area (Å²) in [6.07, 6.45) is 0. The van der Waals surface area contributed by atoms with Crippen LogP contribution in [0.1, 0.15) is 50.8 Å². The highest BCUT2D eigenvalue weighted by Crippen LogP contribution is 2.37. The van der Waals surface area contributed by atoms with Gasteiger partial charge in [0.05, 0.1) is 12.2 Å². The second-order valence-electron chi connectivity index (χ2n) is 7.68. The van der Waals surface area contributed by atoms with Crippen LogP contribution in [0.2, 0.25) is 0 Å². The van der Waals surface area contributed by atoms with Gasteiger partial charge in [0.1, 0.15) is 6.04 Å². The van der Waals surface area contributed by atoms with Crippen LogP contribution in [0, 0.1) is 0 Å². The summed E-state index contributed by atoms with van der Waals surface area (Å²) in [5, 5.41) is 8.00. The first-order valence-electron chi connectivity index (χ1n) is 10.3. The minimum Gasteiger partial charge on any atom is -0.463 e. The van der Waals surface area contributed by atoms with E-state index in [1.54, 1.807) is 4.68 Å². The highest BCUT2D eigenvalue weighted by Gasteiger charge is 2.35. The van der Waals surface area contributed by atoms with E-state index in [9.17, 15) is 4.79 Å². The van der Waals surface area contributed by atoms with Crippen molar-refractivity contribution in [2.24, 2.45) is 0 Å². The lowest BCUT2D eigenvalue weighted by molar-refractivity contribution is -0.139. The minimum atomic E-state index is -0.411. The molecule has 1 aliphatic heterocycles. The number of carbonyl (C=O) groups excluding carboxylic acids is 1. The normalized spacial score (nSPS) is 15.7. The largest absolute Gasteiger partial charge is 0.463 e. The van der Waals surface area contributed by atoms with Crippen LogP contribution in [-0.4, -0.2) is 27.3 Å². The molecular weight excluding hydrogens is 376 g/mol. The van der Waals surface area contributed by atoms with E-state index >= 15 is 0 Å². The van der Waals surface area contributed by atoms with Gasteiger partial charge in [-0.25, -0.2) is 9.48 Å². The van der Waals surface area contributed by atoms with Crippen LogP contribution in [0.4, 0.5) is 5.95 Å². The lowest BCUT2D eigenvalue weighted by atomic mass is 9.93. The van der Waals surface area contributed by atoms with E-state index in [0.717, 1.165) is 16.8 Å². The van der Waals surface area contributed by atoms with Gasteiger partial charge in [0.25, 0.3) is 0 Å². The van der Waals surface area contributed by atoms with Crippen LogP contribution in [0.25, 0.3) is 11.4 Å². The number of anilines is 1. The van der Waals surface area contributed by atoms with Gasteiger partial charge in [0.15, 0.2) is 5.82 Å². The molecule has 0 amide bonds. The van der Waals surface area contributed by atoms with Gasteiger partial charge in [-0.15, -0.1) is 5.10 Å². The molecule has 2 heterocycles. The monoisotopic (exact) mass is 402 g/mol. The summed E-state index contributed by atoms with van der Waals surface area (Å²) in [6, 6.07) is 17.7. The first-order chi connectivity index (χ1) is 14.5. The molecule has 0 radical (unpaired) electrons. The van der Waals surface area contributed by atoms with Crippen LogP contribution in [0.15, 0.2) is 65.9 Å². The van der Waals surface area contributed by atoms with E-state index in [1.165, 1.54) is 5.56 Å². The average Bonchev–Trinajstić information content (AvgIpc) is 3.17. The van der Waals surface area contributed by atoms with Crippen molar-refractivity contribution in [3.05, 3.63) is 77.0 Å². The second kappa shape index (κ2) is 8.14. The fourth-order valence-electron chi connectivity index (χ4n) is 3.71. The molecular formula is C24H26N4O2. The molecule has 1 unspecified atom stereocenters. The Balaban J connectivity index is 1.84. The third kappa shape index (κ3) is 3.61. The van der Waals surface area contributed by atoms with E-state index in [-0.39, 0.29) is 5.97 Å². The Morgan fingerprint density at radius 2 is 1.83 bits per heavy atom. The molecule has 4 rings (SSSR count). The molecule has 30 heavy (non-hydrogen) atoms. The number of hydrogen-bond donors (Lipinski definition) is 1. The Hall–Kier alpha value is -3.41. The molecule has 1 atom stereocenters. The molecule has 0 bridgehead atoms. The van der Waals surface area contributed by atoms with Gasteiger partial charge in [-0.05, 0) is 30.9 Å². The van der Waals surface area contributed by atoms with E-state index in [1.807, 2.05) is 44.2 Å². The number of nitrogens with zero attached hydrogens (tertiary/aromatic N) is 3. The SMILES string of the molecule is CCOC(=O)C1=C(C)Nc2nc(-c3ccccc3)nn2C1c1ccc(C(C)C)cc1. The summed E-state index contributed by atoms with van der Waals surface area (Å²) in [7, 11) is 0. The molecule has 1 aliphatic rings. The topological polar surface area (TPSA) is 69.0 Å². The number of esters is 1. The van der Waals surface area contributed by atoms with Crippen LogP contribution < -0.4 is 5.32 Å². The zero-order chi connectivity index (χ0) is 21.3. The molecule has 154 valence electrons. The van der Waals surface area contributed by atoms with E-state index in [4.69, 9.17) is 9.84 Å². The lowest BCUT2D eigenvalue weighted by Crippen LogP contribution is -2.29. The standard InChI is InChI=1S/C24H26N4O2/c1-5-30-23(29)20-16(4)25-24-26-22(19-9-7-6-8-10-19)27-28(24)21(20)18-13-11-17(12-14-18)15(2)3/h6-15,21H,5H2,1-4H3,(H,25,26,27). The summed E-state index contributed by atoms with van der Waals surface area (Å²) < 4.78 is 7.16. The third-order valence-corrected chi connectivity index (χ3v) is 5.30. The Bertz CT molecular complexity index is 1080. The summed E-state index contributed by atoms with van der Waals surface area (Å²) in [4.78, 5) is 17.6. The highest BCUT2D eigenvalue weighted by atomic mass is 16.5. The van der Waals surface area contributed by atoms with Crippen molar-refractivity contribution in [1.29, 1.82) is 0 Å². The Kier molecular flexibility index (Phi) is 5.40. The van der Waals surface area contributed by atoms with Crippen molar-refractivity contribution >= 4 is 11.9 Å². The van der Waals surface area contributed by atoms with Crippen LogP contribution >= 0.6 is 0 Å². The van der Waals surface area contributed by atoms with E-state index in [2.05, 4.69) is 48.4 Å². The number of ether oxygens (including phenoxy) is 1. The van der Waals surface area contributed by atoms with Crippen molar-refractivity contribution in [2.75, 3.05) is 11.9 Å². The minimum absolute atomic E-state index is 0.314. The molecule has 6 heteroatoms. The Morgan fingerprint density at radius 3 is 2.47 bits per heavy atom. The fraction of sp³-hybridized carbons (Fsp3) is 0.292. The van der Waals surface area contributed by atoms with Crippen molar-refractivity contribution in [3.63, 3.8) is 0 Å². The van der Waals surface area contributed by atoms with Gasteiger partial charge in [0.2, 0.25) is 5.95 Å². The van der Waals surface area contributed by atoms with Crippen LogP contribution in [0.3, 0.4) is 0 Å². The van der Waals surface area contributed by atoms with Crippen LogP contribution in [0.5, 0.6) is 0 Å². The van der Waals surface area contributed by atoms with Gasteiger partial charge in [-0.2, -0.15) is 4.98 Å². The van der Waals surface area contributed by atoms with E-state index in [0.29, 0.717) is 29.9 Å². The molecule has 1 N–H and O–H groups in total. The molecule has 0 aliphatic carbocycles. The van der Waals surface area contributed by atoms with Gasteiger partial charge in [0, 0.05) is 11.3 Å². The molecule has 6 nitrogen and oxygen atoms in total. The molecule has 3 aromatic rings. The number of fused-ring (bicyclic) bond motifs is 1. The number of hydrogen-bond acceptors (Lipinski definition) is 5. The first kappa shape index (κ1) is 19.9. The second-order valence-corrected chi connectivity index (χ2v) is 7.68. The predicted molar refractivity (Wildman–Crippen MR) is 117 cm³/mol. The maximum atomic E-state index is 12.9. The lowest BCUT2D eigenvalue weighted by Gasteiger charge is -2.28. The maximum Gasteiger partial charge on any atom is 0.338 e. The quantitative estimate of drug-likeness (QED) is 0.614. The molecule has 1 aromatic heterocycles. The zero-order valence-electron chi connectivity index (χ0n) is 17.7. The van der Waals surface area contributed by atoms with Gasteiger partial charge >= 0.3 is 5.97 Å². The summed E-state index contributed by atoms with van der Waals surface area (Å²) in [5.41, 5.74) is 4.41. The Labute approximate surface area is 176 Å². The highest BCUT2D eigenvalue weighted by molar-refractivity contribution is 5.92. The summed E-state index contributed by atoms with van der Waals surface area (Å²) in [5.74, 6) is 1.31. The van der Waals surface area contributed by atoms with Gasteiger partial charge < -0.3 is 10.1 Å². The summed E-state index contributed by atoms with van der Waals surface area (Å²) >= 11 is 0. The first-order valence-corrected chi connectivity index (χ1v) is 10.3. The number of benzene rings is 2.